The number of nitrogens with zero attached hydrogens (tertiary/aromatic N) is 1. The molecule has 0 aliphatic heterocycles. The number of hydrogen-bond donors (Lipinski definition) is 2. The molecule has 0 radical (unpaired) electrons. The highest BCUT2D eigenvalue weighted by Crippen LogP contribution is 2.21. The highest BCUT2D eigenvalue weighted by molar-refractivity contribution is 7.89. The molecular formula is C11H8F2N2O5S. The van der Waals surface area contributed by atoms with Gasteiger partial charge in [0.15, 0.2) is 5.82 Å². The maximum Gasteiger partial charge on any atom is 0.341 e. The maximum absolute atomic E-state index is 13.9. The van der Waals surface area contributed by atoms with Gasteiger partial charge in [0.2, 0.25) is 10.0 Å². The molecule has 0 bridgehead atoms. The van der Waals surface area contributed by atoms with Crippen LogP contribution in [0, 0.1) is 11.6 Å². The lowest BCUT2D eigenvalue weighted by atomic mass is 10.2. The molecule has 0 unspecified atom stereocenters. The first-order valence-corrected chi connectivity index (χ1v) is 6.91. The molecular weight excluding hydrogens is 310 g/mol. The van der Waals surface area contributed by atoms with Crippen molar-refractivity contribution in [3.8, 4) is 0 Å². The average Bonchev–Trinajstić information content (AvgIpc) is 2.88. The zero-order valence-electron chi connectivity index (χ0n) is 10.2. The van der Waals surface area contributed by atoms with Crippen LogP contribution in [0.4, 0.5) is 8.78 Å². The summed E-state index contributed by atoms with van der Waals surface area (Å²) in [6.45, 7) is -0.294. The van der Waals surface area contributed by atoms with Crippen LogP contribution in [0.15, 0.2) is 33.9 Å². The SMILES string of the molecule is O=C(O)c1c(F)ccc(S(=O)(=O)NCc2ccon2)c1F. The summed E-state index contributed by atoms with van der Waals surface area (Å²) in [6.07, 6.45) is 1.21. The Labute approximate surface area is 117 Å². The van der Waals surface area contributed by atoms with Crippen LogP contribution in [0.2, 0.25) is 0 Å². The summed E-state index contributed by atoms with van der Waals surface area (Å²) in [5.41, 5.74) is -1.10. The molecule has 0 saturated heterocycles. The van der Waals surface area contributed by atoms with E-state index in [-0.39, 0.29) is 12.2 Å². The Bertz CT molecular complexity index is 774. The summed E-state index contributed by atoms with van der Waals surface area (Å²) in [6, 6.07) is 2.59. The van der Waals surface area contributed by atoms with Gasteiger partial charge in [-0.15, -0.1) is 0 Å². The van der Waals surface area contributed by atoms with E-state index in [1.54, 1.807) is 0 Å². The van der Waals surface area contributed by atoms with Crippen molar-refractivity contribution >= 4 is 16.0 Å². The van der Waals surface area contributed by atoms with E-state index < -0.39 is 38.1 Å². The van der Waals surface area contributed by atoms with Crippen LogP contribution in [0.5, 0.6) is 0 Å². The second-order valence-corrected chi connectivity index (χ2v) is 5.59. The minimum Gasteiger partial charge on any atom is -0.477 e. The second kappa shape index (κ2) is 5.58. The van der Waals surface area contributed by atoms with E-state index in [0.717, 1.165) is 0 Å². The molecule has 1 heterocycles. The highest BCUT2D eigenvalue weighted by atomic mass is 32.2. The summed E-state index contributed by atoms with van der Waals surface area (Å²) < 4.78 is 57.4. The number of carboxylic acids is 1. The first kappa shape index (κ1) is 15.1. The summed E-state index contributed by atoms with van der Waals surface area (Å²) in [7, 11) is -4.38. The zero-order chi connectivity index (χ0) is 15.6. The number of sulfonamides is 1. The number of carboxylic acid groups (broad SMARTS) is 1. The molecule has 0 amide bonds. The fourth-order valence-corrected chi connectivity index (χ4v) is 2.59. The van der Waals surface area contributed by atoms with Crippen LogP contribution in [0.1, 0.15) is 16.1 Å². The maximum atomic E-state index is 13.9. The number of rotatable bonds is 5. The van der Waals surface area contributed by atoms with Crippen LogP contribution in [-0.2, 0) is 16.6 Å². The largest absolute Gasteiger partial charge is 0.477 e. The number of halogens is 2. The van der Waals surface area contributed by atoms with Crippen LogP contribution in [0.3, 0.4) is 0 Å². The van der Waals surface area contributed by atoms with Gasteiger partial charge in [0.25, 0.3) is 0 Å². The lowest BCUT2D eigenvalue weighted by Crippen LogP contribution is -2.25. The Morgan fingerprint density at radius 1 is 1.33 bits per heavy atom. The Morgan fingerprint density at radius 3 is 2.62 bits per heavy atom. The Kier molecular flexibility index (Phi) is 4.00. The Morgan fingerprint density at radius 2 is 2.05 bits per heavy atom. The predicted molar refractivity (Wildman–Crippen MR) is 63.8 cm³/mol. The van der Waals surface area contributed by atoms with Gasteiger partial charge in [-0.1, -0.05) is 5.16 Å². The van der Waals surface area contributed by atoms with Crippen LogP contribution >= 0.6 is 0 Å². The van der Waals surface area contributed by atoms with Crippen molar-refractivity contribution in [3.05, 3.63) is 47.4 Å². The molecule has 7 nitrogen and oxygen atoms in total. The third-order valence-corrected chi connectivity index (χ3v) is 3.91. The molecule has 2 N–H and O–H groups in total. The summed E-state index contributed by atoms with van der Waals surface area (Å²) in [5, 5.41) is 12.1. The summed E-state index contributed by atoms with van der Waals surface area (Å²) in [5.74, 6) is -4.94. The Hall–Kier alpha value is -2.33. The third-order valence-electron chi connectivity index (χ3n) is 2.49. The van der Waals surface area contributed by atoms with Crippen molar-refractivity contribution in [3.63, 3.8) is 0 Å². The fourth-order valence-electron chi connectivity index (χ4n) is 1.51. The third kappa shape index (κ3) is 3.06. The molecule has 1 aromatic carbocycles. The number of hydrogen-bond acceptors (Lipinski definition) is 5. The summed E-state index contributed by atoms with van der Waals surface area (Å²) >= 11 is 0. The van der Waals surface area contributed by atoms with Gasteiger partial charge < -0.3 is 9.63 Å². The van der Waals surface area contributed by atoms with E-state index in [1.165, 1.54) is 12.3 Å². The van der Waals surface area contributed by atoms with Gasteiger partial charge in [-0.25, -0.2) is 26.7 Å². The van der Waals surface area contributed by atoms with Gasteiger partial charge in [0.1, 0.15) is 22.5 Å². The first-order valence-electron chi connectivity index (χ1n) is 5.43. The van der Waals surface area contributed by atoms with Crippen molar-refractivity contribution in [2.24, 2.45) is 0 Å². The molecule has 0 saturated carbocycles. The van der Waals surface area contributed by atoms with E-state index >= 15 is 0 Å². The molecule has 112 valence electrons. The Balaban J connectivity index is 2.36. The molecule has 21 heavy (non-hydrogen) atoms. The van der Waals surface area contributed by atoms with Crippen molar-refractivity contribution < 1.29 is 31.6 Å². The molecule has 0 aliphatic rings. The van der Waals surface area contributed by atoms with E-state index in [9.17, 15) is 22.0 Å². The minimum absolute atomic E-state index is 0.236. The van der Waals surface area contributed by atoms with E-state index in [0.29, 0.717) is 12.1 Å². The standard InChI is InChI=1S/C11H8F2N2O5S/c12-7-1-2-8(10(13)9(7)11(16)17)21(18,19)14-5-6-3-4-20-15-6/h1-4,14H,5H2,(H,16,17). The van der Waals surface area contributed by atoms with Crippen LogP contribution in [-0.4, -0.2) is 24.7 Å². The molecule has 2 rings (SSSR count). The van der Waals surface area contributed by atoms with Crippen LogP contribution in [0.25, 0.3) is 0 Å². The van der Waals surface area contributed by atoms with E-state index in [1.807, 2.05) is 4.72 Å². The molecule has 2 aromatic rings. The molecule has 0 fully saturated rings. The van der Waals surface area contributed by atoms with Gasteiger partial charge in [-0.3, -0.25) is 0 Å². The van der Waals surface area contributed by atoms with Gasteiger partial charge in [-0.05, 0) is 12.1 Å². The van der Waals surface area contributed by atoms with Crippen molar-refractivity contribution in [2.45, 2.75) is 11.4 Å². The predicted octanol–water partition coefficient (Wildman–Crippen LogP) is 1.13. The molecule has 0 spiro atoms. The van der Waals surface area contributed by atoms with Gasteiger partial charge >= 0.3 is 5.97 Å². The van der Waals surface area contributed by atoms with Crippen molar-refractivity contribution in [2.75, 3.05) is 0 Å². The second-order valence-electron chi connectivity index (χ2n) is 3.85. The summed E-state index contributed by atoms with van der Waals surface area (Å²) in [4.78, 5) is 9.78. The number of aromatic carboxylic acids is 1. The highest BCUT2D eigenvalue weighted by Gasteiger charge is 2.26. The lowest BCUT2D eigenvalue weighted by molar-refractivity contribution is 0.0685. The van der Waals surface area contributed by atoms with Crippen molar-refractivity contribution in [1.82, 2.24) is 9.88 Å². The number of benzene rings is 1. The normalized spacial score (nSPS) is 11.5. The quantitative estimate of drug-likeness (QED) is 0.855. The van der Waals surface area contributed by atoms with Crippen LogP contribution < -0.4 is 4.72 Å². The minimum atomic E-state index is -4.38. The molecule has 1 aromatic heterocycles. The van der Waals surface area contributed by atoms with Gasteiger partial charge in [0.05, 0.1) is 12.2 Å². The zero-order valence-corrected chi connectivity index (χ0v) is 11.0. The van der Waals surface area contributed by atoms with E-state index in [2.05, 4.69) is 9.68 Å². The monoisotopic (exact) mass is 318 g/mol. The number of carbonyl (C=O) groups is 1. The first-order chi connectivity index (χ1) is 9.83. The number of nitrogens with one attached hydrogen (secondary N) is 1. The average molecular weight is 318 g/mol. The smallest absolute Gasteiger partial charge is 0.341 e. The fraction of sp³-hybridized carbons (Fsp3) is 0.0909. The molecule has 10 heteroatoms. The molecule has 0 aliphatic carbocycles. The topological polar surface area (TPSA) is 110 Å². The number of aromatic nitrogens is 1. The van der Waals surface area contributed by atoms with Gasteiger partial charge in [0, 0.05) is 6.07 Å². The van der Waals surface area contributed by atoms with Crippen molar-refractivity contribution in [1.29, 1.82) is 0 Å². The molecule has 0 atom stereocenters. The lowest BCUT2D eigenvalue weighted by Gasteiger charge is -2.08. The van der Waals surface area contributed by atoms with E-state index in [4.69, 9.17) is 5.11 Å². The van der Waals surface area contributed by atoms with Gasteiger partial charge in [-0.2, -0.15) is 0 Å².